The number of aromatic amines is 1. The van der Waals surface area contributed by atoms with Gasteiger partial charge in [-0.2, -0.15) is 0 Å². The fourth-order valence-electron chi connectivity index (χ4n) is 1.66. The molecule has 0 bridgehead atoms. The van der Waals surface area contributed by atoms with Crippen LogP contribution in [-0.4, -0.2) is 16.6 Å². The molecule has 0 aliphatic rings. The average molecular weight is 269 g/mol. The predicted molar refractivity (Wildman–Crippen MR) is 68.9 cm³/mol. The number of rotatable bonds is 5. The average Bonchev–Trinajstić information content (AvgIpc) is 2.85. The quantitative estimate of drug-likeness (QED) is 0.781. The van der Waals surface area contributed by atoms with Crippen molar-refractivity contribution >= 4 is 11.6 Å². The molecule has 2 aromatic rings. The van der Waals surface area contributed by atoms with Crippen LogP contribution in [0, 0.1) is 5.82 Å². The van der Waals surface area contributed by atoms with Crippen molar-refractivity contribution in [1.82, 2.24) is 10.3 Å². The Morgan fingerprint density at radius 3 is 2.89 bits per heavy atom. The monoisotopic (exact) mass is 268 g/mol. The van der Waals surface area contributed by atoms with Gasteiger partial charge in [-0.05, 0) is 29.3 Å². The lowest BCUT2D eigenvalue weighted by atomic mass is 10.1. The van der Waals surface area contributed by atoms with Gasteiger partial charge in [-0.3, -0.25) is 0 Å². The largest absolute Gasteiger partial charge is 0.387 e. The molecule has 0 spiro atoms. The van der Waals surface area contributed by atoms with Crippen molar-refractivity contribution in [2.24, 2.45) is 0 Å². The van der Waals surface area contributed by atoms with E-state index in [1.165, 1.54) is 12.1 Å². The molecule has 3 nitrogen and oxygen atoms in total. The van der Waals surface area contributed by atoms with Gasteiger partial charge in [-0.15, -0.1) is 0 Å². The third-order valence-corrected chi connectivity index (χ3v) is 2.96. The first-order valence-electron chi connectivity index (χ1n) is 5.62. The second-order valence-corrected chi connectivity index (χ2v) is 4.45. The maximum Gasteiger partial charge on any atom is 0.142 e. The van der Waals surface area contributed by atoms with Gasteiger partial charge in [0.2, 0.25) is 0 Å². The number of halogens is 2. The highest BCUT2D eigenvalue weighted by Crippen LogP contribution is 2.19. The molecule has 1 heterocycles. The summed E-state index contributed by atoms with van der Waals surface area (Å²) >= 11 is 5.58. The summed E-state index contributed by atoms with van der Waals surface area (Å²) in [5.74, 6) is -0.515. The Labute approximate surface area is 110 Å². The summed E-state index contributed by atoms with van der Waals surface area (Å²) in [6.45, 7) is 1.00. The van der Waals surface area contributed by atoms with Crippen LogP contribution in [0.2, 0.25) is 5.02 Å². The number of hydrogen-bond donors (Lipinski definition) is 3. The molecule has 3 N–H and O–H groups in total. The predicted octanol–water partition coefficient (Wildman–Crippen LogP) is 2.63. The van der Waals surface area contributed by atoms with Gasteiger partial charge < -0.3 is 15.4 Å². The zero-order valence-corrected chi connectivity index (χ0v) is 10.4. The summed E-state index contributed by atoms with van der Waals surface area (Å²) < 4.78 is 13.2. The molecule has 0 fully saturated rings. The van der Waals surface area contributed by atoms with E-state index in [0.29, 0.717) is 18.7 Å². The third kappa shape index (κ3) is 3.32. The number of nitrogens with one attached hydrogen (secondary N) is 2. The molecule has 0 amide bonds. The first-order chi connectivity index (χ1) is 8.66. The van der Waals surface area contributed by atoms with E-state index in [9.17, 15) is 9.50 Å². The number of aromatic nitrogens is 1. The van der Waals surface area contributed by atoms with Crippen molar-refractivity contribution in [1.29, 1.82) is 0 Å². The molecule has 2 rings (SSSR count). The van der Waals surface area contributed by atoms with Crippen LogP contribution in [0.5, 0.6) is 0 Å². The molecule has 1 aromatic heterocycles. The first kappa shape index (κ1) is 13.1. The zero-order valence-electron chi connectivity index (χ0n) is 9.66. The smallest absolute Gasteiger partial charge is 0.142 e. The summed E-state index contributed by atoms with van der Waals surface area (Å²) in [6, 6.07) is 6.27. The molecule has 96 valence electrons. The normalized spacial score (nSPS) is 12.6. The van der Waals surface area contributed by atoms with E-state index in [4.69, 9.17) is 11.6 Å². The molecular weight excluding hydrogens is 255 g/mol. The van der Waals surface area contributed by atoms with Gasteiger partial charge in [-0.1, -0.05) is 17.7 Å². The van der Waals surface area contributed by atoms with E-state index < -0.39 is 11.9 Å². The van der Waals surface area contributed by atoms with E-state index in [1.807, 2.05) is 18.5 Å². The summed E-state index contributed by atoms with van der Waals surface area (Å²) in [5.41, 5.74) is 1.61. The van der Waals surface area contributed by atoms with Crippen molar-refractivity contribution in [2.45, 2.75) is 12.6 Å². The van der Waals surface area contributed by atoms with Crippen LogP contribution in [0.1, 0.15) is 17.2 Å². The first-order valence-corrected chi connectivity index (χ1v) is 6.00. The molecule has 0 aliphatic carbocycles. The Kier molecular flexibility index (Phi) is 4.36. The molecule has 1 unspecified atom stereocenters. The molecular formula is C13H14ClFN2O. The van der Waals surface area contributed by atoms with Crippen LogP contribution in [-0.2, 0) is 6.54 Å². The van der Waals surface area contributed by atoms with E-state index >= 15 is 0 Å². The lowest BCUT2D eigenvalue weighted by molar-refractivity contribution is 0.174. The summed E-state index contributed by atoms with van der Waals surface area (Å²) in [7, 11) is 0. The van der Waals surface area contributed by atoms with E-state index in [1.54, 1.807) is 6.07 Å². The maximum atomic E-state index is 13.2. The number of hydrogen-bond acceptors (Lipinski definition) is 2. The fraction of sp³-hybridized carbons (Fsp3) is 0.231. The van der Waals surface area contributed by atoms with Crippen LogP contribution in [0.15, 0.2) is 36.7 Å². The van der Waals surface area contributed by atoms with Crippen molar-refractivity contribution in [2.75, 3.05) is 6.54 Å². The van der Waals surface area contributed by atoms with Crippen molar-refractivity contribution < 1.29 is 9.50 Å². The highest BCUT2D eigenvalue weighted by Gasteiger charge is 2.09. The SMILES string of the molecule is OC(CNCc1cc[nH]c1)c1ccc(Cl)c(F)c1. The number of aliphatic hydroxyl groups excluding tert-OH is 1. The molecule has 5 heteroatoms. The molecule has 0 aliphatic heterocycles. The minimum absolute atomic E-state index is 0.0613. The Bertz CT molecular complexity index is 502. The molecule has 1 aromatic carbocycles. The minimum Gasteiger partial charge on any atom is -0.387 e. The Balaban J connectivity index is 1.87. The number of benzene rings is 1. The maximum absolute atomic E-state index is 13.2. The standard InChI is InChI=1S/C13H14ClFN2O/c14-11-2-1-10(5-12(11)15)13(18)8-17-7-9-3-4-16-6-9/h1-6,13,16-18H,7-8H2. The van der Waals surface area contributed by atoms with Crippen LogP contribution in [0.3, 0.4) is 0 Å². The van der Waals surface area contributed by atoms with E-state index in [-0.39, 0.29) is 5.02 Å². The van der Waals surface area contributed by atoms with Crippen LogP contribution in [0.4, 0.5) is 4.39 Å². The summed E-state index contributed by atoms with van der Waals surface area (Å²) in [4.78, 5) is 2.95. The number of H-pyrrole nitrogens is 1. The molecule has 18 heavy (non-hydrogen) atoms. The van der Waals surface area contributed by atoms with Gasteiger partial charge in [0.05, 0.1) is 11.1 Å². The lowest BCUT2D eigenvalue weighted by Gasteiger charge is -2.12. The summed E-state index contributed by atoms with van der Waals surface area (Å²) in [6.07, 6.45) is 2.96. The van der Waals surface area contributed by atoms with E-state index in [2.05, 4.69) is 10.3 Å². The Morgan fingerprint density at radius 2 is 2.22 bits per heavy atom. The van der Waals surface area contributed by atoms with E-state index in [0.717, 1.165) is 5.56 Å². The molecule has 0 radical (unpaired) electrons. The Hall–Kier alpha value is -1.36. The highest BCUT2D eigenvalue weighted by atomic mass is 35.5. The lowest BCUT2D eigenvalue weighted by Crippen LogP contribution is -2.20. The third-order valence-electron chi connectivity index (χ3n) is 2.66. The molecule has 1 atom stereocenters. The van der Waals surface area contributed by atoms with Crippen LogP contribution >= 0.6 is 11.6 Å². The second-order valence-electron chi connectivity index (χ2n) is 4.04. The molecule has 0 saturated heterocycles. The van der Waals surface area contributed by atoms with Crippen molar-refractivity contribution in [3.8, 4) is 0 Å². The van der Waals surface area contributed by atoms with Crippen LogP contribution < -0.4 is 5.32 Å². The fourth-order valence-corrected chi connectivity index (χ4v) is 1.78. The van der Waals surface area contributed by atoms with Gasteiger partial charge in [-0.25, -0.2) is 4.39 Å². The van der Waals surface area contributed by atoms with Gasteiger partial charge in [0, 0.05) is 25.5 Å². The topological polar surface area (TPSA) is 48.0 Å². The van der Waals surface area contributed by atoms with Crippen molar-refractivity contribution in [3.63, 3.8) is 0 Å². The Morgan fingerprint density at radius 1 is 1.39 bits per heavy atom. The van der Waals surface area contributed by atoms with Gasteiger partial charge >= 0.3 is 0 Å². The zero-order chi connectivity index (χ0) is 13.0. The molecule has 0 saturated carbocycles. The van der Waals surface area contributed by atoms with Crippen LogP contribution in [0.25, 0.3) is 0 Å². The number of aliphatic hydroxyl groups is 1. The van der Waals surface area contributed by atoms with Gasteiger partial charge in [0.25, 0.3) is 0 Å². The second kappa shape index (κ2) is 6.00. The highest BCUT2D eigenvalue weighted by molar-refractivity contribution is 6.30. The van der Waals surface area contributed by atoms with Crippen molar-refractivity contribution in [3.05, 3.63) is 58.6 Å². The minimum atomic E-state index is -0.754. The van der Waals surface area contributed by atoms with Gasteiger partial charge in [0.15, 0.2) is 0 Å². The van der Waals surface area contributed by atoms with Gasteiger partial charge in [0.1, 0.15) is 5.82 Å². The summed E-state index contributed by atoms with van der Waals surface area (Å²) in [5, 5.41) is 13.0.